The molecule has 26 heavy (non-hydrogen) atoms. The van der Waals surface area contributed by atoms with E-state index in [1.54, 1.807) is 29.7 Å². The normalized spacial score (nSPS) is 13.6. The molecule has 0 fully saturated rings. The van der Waals surface area contributed by atoms with E-state index >= 15 is 0 Å². The summed E-state index contributed by atoms with van der Waals surface area (Å²) < 4.78 is 16.3. The lowest BCUT2D eigenvalue weighted by Gasteiger charge is -2.22. The molecule has 1 aromatic heterocycles. The zero-order chi connectivity index (χ0) is 19.1. The van der Waals surface area contributed by atoms with Gasteiger partial charge < -0.3 is 10.4 Å². The van der Waals surface area contributed by atoms with Crippen molar-refractivity contribution < 1.29 is 14.3 Å². The van der Waals surface area contributed by atoms with Crippen LogP contribution in [-0.2, 0) is 11.3 Å². The Labute approximate surface area is 169 Å². The zero-order valence-corrected chi connectivity index (χ0v) is 16.9. The molecule has 0 saturated heterocycles. The highest BCUT2D eigenvalue weighted by molar-refractivity contribution is 7.96. The third-order valence-electron chi connectivity index (χ3n) is 3.53. The third-order valence-corrected chi connectivity index (χ3v) is 5.41. The molecule has 3 N–H and O–H groups in total. The molecule has 10 heteroatoms. The lowest BCUT2D eigenvalue weighted by molar-refractivity contribution is -0.121. The number of benzene rings is 1. The molecule has 0 aliphatic carbocycles. The molecule has 2 atom stereocenters. The fourth-order valence-electron chi connectivity index (χ4n) is 2.18. The second-order valence-electron chi connectivity index (χ2n) is 5.28. The second-order valence-corrected chi connectivity index (χ2v) is 8.19. The van der Waals surface area contributed by atoms with Crippen LogP contribution in [0.1, 0.15) is 16.7 Å². The molecule has 0 bridgehead atoms. The maximum absolute atomic E-state index is 13.2. The van der Waals surface area contributed by atoms with E-state index < -0.39 is 29.6 Å². The summed E-state index contributed by atoms with van der Waals surface area (Å²) in [7, 11) is 0. The minimum Gasteiger partial charge on any atom is -0.386 e. The Morgan fingerprint density at radius 3 is 2.65 bits per heavy atom. The highest BCUT2D eigenvalue weighted by Gasteiger charge is 2.25. The third kappa shape index (κ3) is 5.80. The number of aromatic nitrogens is 1. The van der Waals surface area contributed by atoms with Crippen molar-refractivity contribution >= 4 is 52.4 Å². The average molecular weight is 438 g/mol. The van der Waals surface area contributed by atoms with Gasteiger partial charge >= 0.3 is 0 Å². The standard InChI is InChI=1S/C16H18Cl2FN3O2S2/c1-25-21-8-13-20-7-12(26-13)9-2-4-10(5-3-9)14(23)11(6-19)22-16(24)15(17)18/h2-5,7,11,14-15,21,23H,6,8H2,1H3,(H,22,24). The first kappa shape index (κ1) is 21.4. The number of aliphatic hydroxyl groups is 1. The Kier molecular flexibility index (Phi) is 8.59. The summed E-state index contributed by atoms with van der Waals surface area (Å²) in [4.78, 5) is 15.5. The van der Waals surface area contributed by atoms with Crippen LogP contribution in [0.5, 0.6) is 0 Å². The summed E-state index contributed by atoms with van der Waals surface area (Å²) in [6.45, 7) is -0.265. The van der Waals surface area contributed by atoms with E-state index in [1.807, 2.05) is 18.4 Å². The molecule has 0 aliphatic heterocycles. The topological polar surface area (TPSA) is 74.2 Å². The van der Waals surface area contributed by atoms with Gasteiger partial charge in [-0.1, -0.05) is 59.4 Å². The molecule has 0 spiro atoms. The van der Waals surface area contributed by atoms with Crippen LogP contribution in [0.15, 0.2) is 30.5 Å². The van der Waals surface area contributed by atoms with E-state index in [1.165, 1.54) is 11.9 Å². The van der Waals surface area contributed by atoms with Crippen molar-refractivity contribution in [2.24, 2.45) is 0 Å². The van der Waals surface area contributed by atoms with Crippen molar-refractivity contribution in [3.63, 3.8) is 0 Å². The largest absolute Gasteiger partial charge is 0.386 e. The Morgan fingerprint density at radius 1 is 1.38 bits per heavy atom. The van der Waals surface area contributed by atoms with Gasteiger partial charge in [-0.25, -0.2) is 9.37 Å². The number of rotatable bonds is 9. The van der Waals surface area contributed by atoms with Gasteiger partial charge in [0.2, 0.25) is 0 Å². The van der Waals surface area contributed by atoms with Crippen LogP contribution in [0.2, 0.25) is 0 Å². The van der Waals surface area contributed by atoms with E-state index in [0.29, 0.717) is 12.1 Å². The molecular weight excluding hydrogens is 420 g/mol. The predicted molar refractivity (Wildman–Crippen MR) is 106 cm³/mol. The smallest absolute Gasteiger partial charge is 0.253 e. The minimum absolute atomic E-state index is 0.478. The lowest BCUT2D eigenvalue weighted by atomic mass is 10.0. The predicted octanol–water partition coefficient (Wildman–Crippen LogP) is 3.47. The number of hydrogen-bond acceptors (Lipinski definition) is 6. The lowest BCUT2D eigenvalue weighted by Crippen LogP contribution is -2.43. The molecule has 1 heterocycles. The van der Waals surface area contributed by atoms with Crippen molar-refractivity contribution in [2.75, 3.05) is 12.9 Å². The summed E-state index contributed by atoms with van der Waals surface area (Å²) in [5, 5.41) is 13.6. The average Bonchev–Trinajstić information content (AvgIpc) is 3.12. The number of amides is 1. The molecule has 0 saturated carbocycles. The number of nitrogens with zero attached hydrogens (tertiary/aromatic N) is 1. The number of carbonyl (C=O) groups excluding carboxylic acids is 1. The molecule has 142 valence electrons. The number of thiazole rings is 1. The van der Waals surface area contributed by atoms with Gasteiger partial charge in [0.1, 0.15) is 17.8 Å². The number of halogens is 3. The Bertz CT molecular complexity index is 716. The molecule has 5 nitrogen and oxygen atoms in total. The van der Waals surface area contributed by atoms with Crippen LogP contribution in [0.3, 0.4) is 0 Å². The summed E-state index contributed by atoms with van der Waals surface area (Å²) in [5.74, 6) is -0.748. The van der Waals surface area contributed by atoms with Gasteiger partial charge in [0.25, 0.3) is 5.91 Å². The van der Waals surface area contributed by atoms with Gasteiger partial charge in [0.15, 0.2) is 4.84 Å². The Hall–Kier alpha value is -0.900. The quantitative estimate of drug-likeness (QED) is 0.413. The first-order valence-electron chi connectivity index (χ1n) is 7.59. The SMILES string of the molecule is CSNCc1ncc(-c2ccc(C(O)C(CF)NC(=O)C(Cl)Cl)cc2)s1. The zero-order valence-electron chi connectivity index (χ0n) is 13.8. The van der Waals surface area contributed by atoms with Crippen molar-refractivity contribution in [1.29, 1.82) is 0 Å². The maximum Gasteiger partial charge on any atom is 0.253 e. The Morgan fingerprint density at radius 2 is 2.08 bits per heavy atom. The fraction of sp³-hybridized carbons (Fsp3) is 0.375. The summed E-state index contributed by atoms with van der Waals surface area (Å²) in [5.41, 5.74) is 1.42. The monoisotopic (exact) mass is 437 g/mol. The summed E-state index contributed by atoms with van der Waals surface area (Å²) in [6, 6.07) is 5.89. The molecule has 1 aromatic carbocycles. The molecule has 2 unspecified atom stereocenters. The molecule has 1 amide bonds. The van der Waals surface area contributed by atoms with Crippen molar-refractivity contribution in [2.45, 2.75) is 23.5 Å². The van der Waals surface area contributed by atoms with Crippen LogP contribution in [0, 0.1) is 0 Å². The van der Waals surface area contributed by atoms with E-state index in [0.717, 1.165) is 15.4 Å². The van der Waals surface area contributed by atoms with Crippen LogP contribution in [0.25, 0.3) is 10.4 Å². The van der Waals surface area contributed by atoms with Crippen molar-refractivity contribution in [3.8, 4) is 10.4 Å². The van der Waals surface area contributed by atoms with Gasteiger partial charge in [-0.05, 0) is 17.4 Å². The molecule has 2 rings (SSSR count). The number of hydrogen-bond donors (Lipinski definition) is 3. The van der Waals surface area contributed by atoms with E-state index in [-0.39, 0.29) is 0 Å². The molecular formula is C16H18Cl2FN3O2S2. The molecule has 2 aromatic rings. The van der Waals surface area contributed by atoms with Gasteiger partial charge in [-0.15, -0.1) is 11.3 Å². The first-order valence-corrected chi connectivity index (χ1v) is 10.5. The van der Waals surface area contributed by atoms with E-state index in [2.05, 4.69) is 15.0 Å². The number of nitrogens with one attached hydrogen (secondary N) is 2. The van der Waals surface area contributed by atoms with E-state index in [4.69, 9.17) is 23.2 Å². The highest BCUT2D eigenvalue weighted by Crippen LogP contribution is 2.28. The molecule has 0 radical (unpaired) electrons. The van der Waals surface area contributed by atoms with Gasteiger partial charge in [0, 0.05) is 6.20 Å². The van der Waals surface area contributed by atoms with Gasteiger partial charge in [0.05, 0.1) is 17.5 Å². The van der Waals surface area contributed by atoms with Crippen LogP contribution in [0.4, 0.5) is 4.39 Å². The highest BCUT2D eigenvalue weighted by atomic mass is 35.5. The van der Waals surface area contributed by atoms with Crippen molar-refractivity contribution in [3.05, 3.63) is 41.0 Å². The number of aliphatic hydroxyl groups excluding tert-OH is 1. The summed E-state index contributed by atoms with van der Waals surface area (Å²) >= 11 is 14.0. The minimum atomic E-state index is -1.32. The van der Waals surface area contributed by atoms with Gasteiger partial charge in [-0.3, -0.25) is 9.52 Å². The molecule has 0 aliphatic rings. The first-order chi connectivity index (χ1) is 12.5. The maximum atomic E-state index is 13.2. The number of carbonyl (C=O) groups is 1. The second kappa shape index (κ2) is 10.4. The van der Waals surface area contributed by atoms with E-state index in [9.17, 15) is 14.3 Å². The van der Waals surface area contributed by atoms with Crippen LogP contribution in [-0.4, -0.2) is 39.8 Å². The van der Waals surface area contributed by atoms with Crippen LogP contribution >= 0.6 is 46.5 Å². The Balaban J connectivity index is 2.07. The summed E-state index contributed by atoms with van der Waals surface area (Å²) in [6.07, 6.45) is 2.53. The van der Waals surface area contributed by atoms with Crippen molar-refractivity contribution in [1.82, 2.24) is 15.0 Å². The number of alkyl halides is 3. The van der Waals surface area contributed by atoms with Crippen LogP contribution < -0.4 is 10.0 Å². The fourth-order valence-corrected chi connectivity index (χ4v) is 3.55. The van der Waals surface area contributed by atoms with Gasteiger partial charge in [-0.2, -0.15) is 0 Å².